The van der Waals surface area contributed by atoms with E-state index in [1.807, 2.05) is 24.3 Å². The van der Waals surface area contributed by atoms with E-state index in [1.54, 1.807) is 0 Å². The predicted octanol–water partition coefficient (Wildman–Crippen LogP) is 4.11. The molecule has 1 heterocycles. The van der Waals surface area contributed by atoms with Crippen molar-refractivity contribution in [1.82, 2.24) is 4.90 Å². The van der Waals surface area contributed by atoms with Crippen molar-refractivity contribution in [3.63, 3.8) is 0 Å². The first-order valence-corrected chi connectivity index (χ1v) is 7.84. The second kappa shape index (κ2) is 5.98. The van der Waals surface area contributed by atoms with Gasteiger partial charge in [0.05, 0.1) is 6.04 Å². The average Bonchev–Trinajstić information content (AvgIpc) is 2.50. The van der Waals surface area contributed by atoms with Gasteiger partial charge in [0.1, 0.15) is 0 Å². The molecule has 1 fully saturated rings. The van der Waals surface area contributed by atoms with Gasteiger partial charge in [-0.25, -0.2) is 0 Å². The lowest BCUT2D eigenvalue weighted by Crippen LogP contribution is -2.63. The van der Waals surface area contributed by atoms with Crippen molar-refractivity contribution < 1.29 is 0 Å². The lowest BCUT2D eigenvalue weighted by Gasteiger charge is -2.49. The number of nitrogens with zero attached hydrogens (tertiary/aromatic N) is 1. The van der Waals surface area contributed by atoms with E-state index in [4.69, 9.17) is 28.9 Å². The van der Waals surface area contributed by atoms with Gasteiger partial charge in [0.2, 0.25) is 0 Å². The lowest BCUT2D eigenvalue weighted by molar-refractivity contribution is 0.0447. The minimum atomic E-state index is 0.189. The van der Waals surface area contributed by atoms with Crippen LogP contribution in [0.2, 0.25) is 10.0 Å². The van der Waals surface area contributed by atoms with E-state index in [0.29, 0.717) is 6.04 Å². The quantitative estimate of drug-likeness (QED) is 0.922. The molecule has 0 amide bonds. The monoisotopic (exact) mass is 320 g/mol. The Hall–Kier alpha value is -1.06. The van der Waals surface area contributed by atoms with Crippen LogP contribution in [0.25, 0.3) is 0 Å². The Bertz CT molecular complexity index is 564. The molecule has 0 saturated carbocycles. The van der Waals surface area contributed by atoms with Crippen LogP contribution in [0.4, 0.5) is 0 Å². The van der Waals surface area contributed by atoms with Crippen LogP contribution in [0.3, 0.4) is 0 Å². The second-order valence-corrected chi connectivity index (χ2v) is 6.48. The van der Waals surface area contributed by atoms with Gasteiger partial charge in [0.25, 0.3) is 0 Å². The van der Waals surface area contributed by atoms with Crippen molar-refractivity contribution in [1.29, 1.82) is 0 Å². The third kappa shape index (κ3) is 2.95. The molecule has 1 aliphatic rings. The molecule has 0 spiro atoms. The summed E-state index contributed by atoms with van der Waals surface area (Å²) in [6, 6.07) is 16.9. The van der Waals surface area contributed by atoms with Gasteiger partial charge in [-0.2, -0.15) is 0 Å². The van der Waals surface area contributed by atoms with Crippen molar-refractivity contribution in [2.45, 2.75) is 25.0 Å². The summed E-state index contributed by atoms with van der Waals surface area (Å²) in [6.07, 6.45) is 0. The SMILES string of the molecule is CC1[C@H](N)CN1C(c1ccc(Cl)cc1)c1ccc(Cl)cc1. The largest absolute Gasteiger partial charge is 0.325 e. The van der Waals surface area contributed by atoms with Crippen LogP contribution in [-0.4, -0.2) is 23.5 Å². The molecule has 0 aromatic heterocycles. The minimum absolute atomic E-state index is 0.189. The number of halogens is 2. The molecule has 110 valence electrons. The molecule has 21 heavy (non-hydrogen) atoms. The topological polar surface area (TPSA) is 29.3 Å². The second-order valence-electron chi connectivity index (χ2n) is 5.61. The van der Waals surface area contributed by atoms with Crippen LogP contribution in [-0.2, 0) is 0 Å². The van der Waals surface area contributed by atoms with Crippen molar-refractivity contribution >= 4 is 23.2 Å². The summed E-state index contributed by atoms with van der Waals surface area (Å²) in [4.78, 5) is 2.41. The Morgan fingerprint density at radius 1 is 0.952 bits per heavy atom. The number of likely N-dealkylation sites (tertiary alicyclic amines) is 1. The van der Waals surface area contributed by atoms with E-state index in [2.05, 4.69) is 36.1 Å². The van der Waals surface area contributed by atoms with E-state index in [-0.39, 0.29) is 12.1 Å². The zero-order valence-electron chi connectivity index (χ0n) is 11.8. The maximum absolute atomic E-state index is 6.07. The van der Waals surface area contributed by atoms with Gasteiger partial charge in [-0.1, -0.05) is 47.5 Å². The molecule has 0 radical (unpaired) electrons. The molecule has 1 saturated heterocycles. The number of rotatable bonds is 3. The summed E-state index contributed by atoms with van der Waals surface area (Å²) in [6.45, 7) is 3.07. The first kappa shape index (κ1) is 14.9. The summed E-state index contributed by atoms with van der Waals surface area (Å²) in [5.74, 6) is 0. The van der Waals surface area contributed by atoms with Crippen LogP contribution in [0, 0.1) is 0 Å². The Morgan fingerprint density at radius 3 is 1.71 bits per heavy atom. The molecule has 2 aromatic carbocycles. The van der Waals surface area contributed by atoms with E-state index < -0.39 is 0 Å². The molecule has 3 rings (SSSR count). The zero-order valence-corrected chi connectivity index (χ0v) is 13.4. The van der Waals surface area contributed by atoms with Crippen LogP contribution in [0.5, 0.6) is 0 Å². The molecule has 0 aliphatic carbocycles. The van der Waals surface area contributed by atoms with Crippen LogP contribution in [0.1, 0.15) is 24.1 Å². The number of benzene rings is 2. The Balaban J connectivity index is 1.98. The van der Waals surface area contributed by atoms with Crippen LogP contribution < -0.4 is 5.73 Å². The highest BCUT2D eigenvalue weighted by Crippen LogP contribution is 2.36. The van der Waals surface area contributed by atoms with Crippen LogP contribution in [0.15, 0.2) is 48.5 Å². The van der Waals surface area contributed by atoms with Crippen molar-refractivity contribution in [3.05, 3.63) is 69.7 Å². The number of hydrogen-bond acceptors (Lipinski definition) is 2. The fourth-order valence-corrected chi connectivity index (χ4v) is 3.13. The molecule has 1 aliphatic heterocycles. The summed E-state index contributed by atoms with van der Waals surface area (Å²) in [7, 11) is 0. The molecular formula is C17H18Cl2N2. The highest BCUT2D eigenvalue weighted by molar-refractivity contribution is 6.30. The average molecular weight is 321 g/mol. The lowest BCUT2D eigenvalue weighted by atomic mass is 9.89. The van der Waals surface area contributed by atoms with Crippen molar-refractivity contribution in [3.8, 4) is 0 Å². The molecule has 0 bridgehead atoms. The van der Waals surface area contributed by atoms with E-state index in [0.717, 1.165) is 16.6 Å². The molecule has 4 heteroatoms. The first-order valence-electron chi connectivity index (χ1n) is 7.08. The molecule has 1 unspecified atom stereocenters. The Kier molecular flexibility index (Phi) is 4.23. The van der Waals surface area contributed by atoms with Crippen LogP contribution >= 0.6 is 23.2 Å². The summed E-state index contributed by atoms with van der Waals surface area (Å²) in [5, 5.41) is 1.50. The van der Waals surface area contributed by atoms with Gasteiger partial charge in [-0.15, -0.1) is 0 Å². The third-order valence-electron chi connectivity index (χ3n) is 4.27. The molecule has 2 N–H and O–H groups in total. The number of nitrogens with two attached hydrogens (primary N) is 1. The third-order valence-corrected chi connectivity index (χ3v) is 4.77. The smallest absolute Gasteiger partial charge is 0.0605 e. The summed E-state index contributed by atoms with van der Waals surface area (Å²) in [5.41, 5.74) is 8.52. The molecule has 2 atom stereocenters. The Morgan fingerprint density at radius 2 is 1.38 bits per heavy atom. The van der Waals surface area contributed by atoms with Gasteiger partial charge in [-0.05, 0) is 42.3 Å². The van der Waals surface area contributed by atoms with Crippen molar-refractivity contribution in [2.24, 2.45) is 5.73 Å². The van der Waals surface area contributed by atoms with Gasteiger partial charge in [-0.3, -0.25) is 4.90 Å². The van der Waals surface area contributed by atoms with Gasteiger partial charge in [0, 0.05) is 28.7 Å². The van der Waals surface area contributed by atoms with E-state index in [9.17, 15) is 0 Å². The van der Waals surface area contributed by atoms with Gasteiger partial charge in [0.15, 0.2) is 0 Å². The van der Waals surface area contributed by atoms with E-state index in [1.165, 1.54) is 11.1 Å². The highest BCUT2D eigenvalue weighted by atomic mass is 35.5. The highest BCUT2D eigenvalue weighted by Gasteiger charge is 2.38. The first-order chi connectivity index (χ1) is 10.1. The molecular weight excluding hydrogens is 303 g/mol. The van der Waals surface area contributed by atoms with Crippen molar-refractivity contribution in [2.75, 3.05) is 6.54 Å². The maximum Gasteiger partial charge on any atom is 0.0605 e. The fourth-order valence-electron chi connectivity index (χ4n) is 2.88. The fraction of sp³-hybridized carbons (Fsp3) is 0.294. The standard InChI is InChI=1S/C17H18Cl2N2/c1-11-16(20)10-21(11)17(12-2-6-14(18)7-3-12)13-4-8-15(19)9-5-13/h2-9,11,16-17H,10,20H2,1H3/t11?,16-/m1/s1. The van der Waals surface area contributed by atoms with E-state index >= 15 is 0 Å². The van der Waals surface area contributed by atoms with Gasteiger partial charge < -0.3 is 5.73 Å². The molecule has 2 aromatic rings. The summed E-state index contributed by atoms with van der Waals surface area (Å²) < 4.78 is 0. The Labute approximate surface area is 135 Å². The zero-order chi connectivity index (χ0) is 15.0. The minimum Gasteiger partial charge on any atom is -0.325 e. The maximum atomic E-state index is 6.07. The summed E-state index contributed by atoms with van der Waals surface area (Å²) >= 11 is 12.0. The van der Waals surface area contributed by atoms with Gasteiger partial charge >= 0.3 is 0 Å². The molecule has 2 nitrogen and oxygen atoms in total. The number of hydrogen-bond donors (Lipinski definition) is 1. The predicted molar refractivity (Wildman–Crippen MR) is 88.9 cm³/mol. The normalized spacial score (nSPS) is 22.3.